The number of hydrogen-bond donors (Lipinski definition) is 1. The van der Waals surface area contributed by atoms with E-state index in [2.05, 4.69) is 6.58 Å². The number of rotatable bonds is 6. The quantitative estimate of drug-likeness (QED) is 0.708. The molecule has 16 heavy (non-hydrogen) atoms. The third kappa shape index (κ3) is 4.00. The van der Waals surface area contributed by atoms with E-state index in [9.17, 15) is 13.2 Å². The molecular weight excluding hydrogens is 230 g/mol. The first-order valence-electron chi connectivity index (χ1n) is 4.49. The maximum Gasteiger partial charge on any atom is 0.318 e. The molecule has 0 fully saturated rings. The Labute approximate surface area is 95.4 Å². The summed E-state index contributed by atoms with van der Waals surface area (Å²) in [7, 11) is -2.55. The number of aliphatic carboxylic acids is 1. The fourth-order valence-electron chi connectivity index (χ4n) is 0.963. The molecular formula is C10H15NO4S. The van der Waals surface area contributed by atoms with E-state index in [1.165, 1.54) is 25.3 Å². The molecule has 0 radical (unpaired) electrons. The van der Waals surface area contributed by atoms with Crippen LogP contribution >= 0.6 is 0 Å². The first-order chi connectivity index (χ1) is 7.36. The van der Waals surface area contributed by atoms with Crippen LogP contribution in [0, 0.1) is 0 Å². The lowest BCUT2D eigenvalue weighted by Crippen LogP contribution is -2.32. The standard InChI is InChI=1S/C10H15NO4S/c1-4-6-9(7-5-2)16(14,15)11(3)8-10(12)13/h4-7H,1,8H2,2-3H3,(H,12,13)/b7-5-,9-6+. The number of carboxylic acids is 1. The fraction of sp³-hybridized carbons (Fsp3) is 0.300. The summed E-state index contributed by atoms with van der Waals surface area (Å²) in [4.78, 5) is 10.4. The van der Waals surface area contributed by atoms with Crippen molar-refractivity contribution in [3.63, 3.8) is 0 Å². The van der Waals surface area contributed by atoms with Gasteiger partial charge >= 0.3 is 5.97 Å². The summed E-state index contributed by atoms with van der Waals surface area (Å²) < 4.78 is 24.5. The maximum atomic E-state index is 11.8. The van der Waals surface area contributed by atoms with Gasteiger partial charge < -0.3 is 5.11 Å². The van der Waals surface area contributed by atoms with Gasteiger partial charge in [0.05, 0.1) is 4.91 Å². The van der Waals surface area contributed by atoms with E-state index in [4.69, 9.17) is 5.11 Å². The first-order valence-corrected chi connectivity index (χ1v) is 5.93. The summed E-state index contributed by atoms with van der Waals surface area (Å²) >= 11 is 0. The van der Waals surface area contributed by atoms with Gasteiger partial charge in [-0.1, -0.05) is 18.7 Å². The number of likely N-dealkylation sites (N-methyl/N-ethyl adjacent to an activating group) is 1. The third-order valence-corrected chi connectivity index (χ3v) is 3.50. The molecule has 0 aliphatic carbocycles. The van der Waals surface area contributed by atoms with Gasteiger partial charge in [-0.2, -0.15) is 4.31 Å². The molecule has 0 spiro atoms. The summed E-state index contributed by atoms with van der Waals surface area (Å²) in [6.45, 7) is 4.50. The van der Waals surface area contributed by atoms with Gasteiger partial charge in [-0.15, -0.1) is 0 Å². The lowest BCUT2D eigenvalue weighted by atomic mass is 10.4. The van der Waals surface area contributed by atoms with Gasteiger partial charge in [-0.3, -0.25) is 4.79 Å². The van der Waals surface area contributed by atoms with E-state index < -0.39 is 22.5 Å². The molecule has 1 N–H and O–H groups in total. The van der Waals surface area contributed by atoms with Crippen molar-refractivity contribution in [2.24, 2.45) is 0 Å². The van der Waals surface area contributed by atoms with E-state index >= 15 is 0 Å². The molecule has 0 aromatic carbocycles. The second-order valence-corrected chi connectivity index (χ2v) is 5.00. The van der Waals surface area contributed by atoms with Gasteiger partial charge in [-0.05, 0) is 19.1 Å². The fourth-order valence-corrected chi connectivity index (χ4v) is 2.18. The zero-order valence-corrected chi connectivity index (χ0v) is 10.1. The van der Waals surface area contributed by atoms with E-state index in [1.54, 1.807) is 13.0 Å². The Morgan fingerprint density at radius 1 is 1.50 bits per heavy atom. The molecule has 0 aromatic heterocycles. The highest BCUT2D eigenvalue weighted by Gasteiger charge is 2.22. The van der Waals surface area contributed by atoms with Crippen molar-refractivity contribution in [2.75, 3.05) is 13.6 Å². The number of allylic oxidation sites excluding steroid dienone is 4. The minimum atomic E-state index is -3.76. The Bertz CT molecular complexity index is 420. The topological polar surface area (TPSA) is 74.7 Å². The normalized spacial score (nSPS) is 13.3. The molecule has 6 heteroatoms. The van der Waals surface area contributed by atoms with Gasteiger partial charge in [0, 0.05) is 7.05 Å². The highest BCUT2D eigenvalue weighted by Crippen LogP contribution is 2.13. The van der Waals surface area contributed by atoms with Gasteiger partial charge in [-0.25, -0.2) is 8.42 Å². The van der Waals surface area contributed by atoms with Crippen molar-refractivity contribution in [2.45, 2.75) is 6.92 Å². The van der Waals surface area contributed by atoms with Crippen LogP contribution in [0.1, 0.15) is 6.92 Å². The van der Waals surface area contributed by atoms with Crippen LogP contribution in [0.25, 0.3) is 0 Å². The van der Waals surface area contributed by atoms with Gasteiger partial charge in [0.15, 0.2) is 0 Å². The number of carboxylic acid groups (broad SMARTS) is 1. The SMILES string of the molecule is C=C/C=C(\C=C/C)S(=O)(=O)N(C)CC(=O)O. The van der Waals surface area contributed by atoms with Gasteiger partial charge in [0.2, 0.25) is 10.0 Å². The second-order valence-electron chi connectivity index (χ2n) is 2.96. The van der Waals surface area contributed by atoms with Crippen LogP contribution in [0.15, 0.2) is 35.8 Å². The van der Waals surface area contributed by atoms with Crippen molar-refractivity contribution in [1.82, 2.24) is 4.31 Å². The molecule has 0 atom stereocenters. The van der Waals surface area contributed by atoms with Crippen LogP contribution < -0.4 is 0 Å². The van der Waals surface area contributed by atoms with Crippen LogP contribution in [0.3, 0.4) is 0 Å². The summed E-state index contributed by atoms with van der Waals surface area (Å²) in [6, 6.07) is 0. The molecule has 5 nitrogen and oxygen atoms in total. The monoisotopic (exact) mass is 245 g/mol. The molecule has 0 unspecified atom stereocenters. The molecule has 0 heterocycles. The third-order valence-electron chi connectivity index (χ3n) is 1.68. The van der Waals surface area contributed by atoms with Gasteiger partial charge in [0.1, 0.15) is 6.54 Å². The number of sulfonamides is 1. The van der Waals surface area contributed by atoms with Crippen LogP contribution in [0.2, 0.25) is 0 Å². The Morgan fingerprint density at radius 3 is 2.44 bits per heavy atom. The van der Waals surface area contributed by atoms with E-state index in [-0.39, 0.29) is 4.91 Å². The highest BCUT2D eigenvalue weighted by molar-refractivity contribution is 7.93. The Balaban J connectivity index is 5.23. The maximum absolute atomic E-state index is 11.8. The average molecular weight is 245 g/mol. The molecule has 0 rings (SSSR count). The minimum absolute atomic E-state index is 0.00810. The van der Waals surface area contributed by atoms with Crippen LogP contribution in [0.4, 0.5) is 0 Å². The number of hydrogen-bond acceptors (Lipinski definition) is 3. The molecule has 0 bridgehead atoms. The lowest BCUT2D eigenvalue weighted by Gasteiger charge is -2.15. The Morgan fingerprint density at radius 2 is 2.06 bits per heavy atom. The van der Waals surface area contributed by atoms with Crippen molar-refractivity contribution in [1.29, 1.82) is 0 Å². The molecule has 0 saturated carbocycles. The lowest BCUT2D eigenvalue weighted by molar-refractivity contribution is -0.137. The highest BCUT2D eigenvalue weighted by atomic mass is 32.2. The Kier molecular flexibility index (Phi) is 5.69. The summed E-state index contributed by atoms with van der Waals surface area (Å²) in [5.74, 6) is -1.20. The van der Waals surface area contributed by atoms with Crippen LogP contribution in [-0.2, 0) is 14.8 Å². The van der Waals surface area contributed by atoms with E-state index in [0.29, 0.717) is 0 Å². The first kappa shape index (κ1) is 14.6. The average Bonchev–Trinajstić information content (AvgIpc) is 2.16. The molecule has 0 saturated heterocycles. The number of carbonyl (C=O) groups is 1. The van der Waals surface area contributed by atoms with E-state index in [0.717, 1.165) is 4.31 Å². The van der Waals surface area contributed by atoms with Gasteiger partial charge in [0.25, 0.3) is 0 Å². The molecule has 0 aliphatic heterocycles. The van der Waals surface area contributed by atoms with Crippen LogP contribution in [0.5, 0.6) is 0 Å². The van der Waals surface area contributed by atoms with Crippen molar-refractivity contribution in [3.8, 4) is 0 Å². The Hall–Kier alpha value is -1.40. The zero-order chi connectivity index (χ0) is 12.8. The van der Waals surface area contributed by atoms with E-state index in [1.807, 2.05) is 0 Å². The predicted molar refractivity (Wildman–Crippen MR) is 62.3 cm³/mol. The second kappa shape index (κ2) is 6.24. The molecule has 0 amide bonds. The summed E-state index contributed by atoms with van der Waals surface area (Å²) in [6.07, 6.45) is 5.59. The summed E-state index contributed by atoms with van der Waals surface area (Å²) in [5.41, 5.74) is 0. The predicted octanol–water partition coefficient (Wildman–Crippen LogP) is 0.979. The molecule has 90 valence electrons. The van der Waals surface area contributed by atoms with Crippen molar-refractivity contribution < 1.29 is 18.3 Å². The minimum Gasteiger partial charge on any atom is -0.480 e. The van der Waals surface area contributed by atoms with Crippen molar-refractivity contribution >= 4 is 16.0 Å². The zero-order valence-electron chi connectivity index (χ0n) is 9.25. The smallest absolute Gasteiger partial charge is 0.318 e. The van der Waals surface area contributed by atoms with Crippen molar-refractivity contribution in [3.05, 3.63) is 35.8 Å². The molecule has 0 aliphatic rings. The summed E-state index contributed by atoms with van der Waals surface area (Å²) in [5, 5.41) is 8.53. The largest absolute Gasteiger partial charge is 0.480 e. The molecule has 0 aromatic rings. The number of nitrogens with zero attached hydrogens (tertiary/aromatic N) is 1. The van der Waals surface area contributed by atoms with Crippen LogP contribution in [-0.4, -0.2) is 37.4 Å².